The smallest absolute Gasteiger partial charge is 0.306 e. The van der Waals surface area contributed by atoms with Gasteiger partial charge in [-0.3, -0.25) is 23.7 Å². The number of carbonyl (C=O) groups excluding carboxylic acids is 2. The summed E-state index contributed by atoms with van der Waals surface area (Å²) in [5, 5.41) is 10.5. The molecular formula is C32H29BrN2O5. The van der Waals surface area contributed by atoms with Crippen LogP contribution in [0.2, 0.25) is 0 Å². The molecule has 0 saturated carbocycles. The Bertz CT molecular complexity index is 1650. The highest BCUT2D eigenvalue weighted by atomic mass is 79.9. The lowest BCUT2D eigenvalue weighted by molar-refractivity contribution is -0.143. The summed E-state index contributed by atoms with van der Waals surface area (Å²) in [6, 6.07) is 22.2. The molecule has 0 bridgehead atoms. The van der Waals surface area contributed by atoms with Gasteiger partial charge in [0.25, 0.3) is 11.5 Å². The quantitative estimate of drug-likeness (QED) is 0.262. The van der Waals surface area contributed by atoms with Crippen molar-refractivity contribution in [2.24, 2.45) is 5.92 Å². The number of hydrogen-bond acceptors (Lipinski definition) is 4. The van der Waals surface area contributed by atoms with Gasteiger partial charge in [-0.1, -0.05) is 65.3 Å². The second-order valence-electron chi connectivity index (χ2n) is 10.0. The van der Waals surface area contributed by atoms with E-state index >= 15 is 0 Å². The molecule has 7 nitrogen and oxygen atoms in total. The lowest BCUT2D eigenvalue weighted by Gasteiger charge is -2.30. The van der Waals surface area contributed by atoms with Crippen molar-refractivity contribution in [3.63, 3.8) is 0 Å². The summed E-state index contributed by atoms with van der Waals surface area (Å²) >= 11 is 3.52. The zero-order chi connectivity index (χ0) is 28.4. The van der Waals surface area contributed by atoms with Crippen LogP contribution < -0.4 is 5.56 Å². The number of fused-ring (bicyclic) bond motifs is 1. The minimum Gasteiger partial charge on any atom is -0.481 e. The predicted octanol–water partition coefficient (Wildman–Crippen LogP) is 6.01. The van der Waals surface area contributed by atoms with Crippen molar-refractivity contribution in [1.29, 1.82) is 0 Å². The maximum Gasteiger partial charge on any atom is 0.306 e. The standard InChI is InChI=1S/C32H29BrN2O5/c1-2-27(36)29-28(21-6-4-3-5-7-21)26-18-24(33)12-13-25(26)31(38)35(29)19-20-8-10-22(11-9-20)30(37)34-16-14-23(15-17-34)32(39)40/h3-13,18,23H,2,14-17,19H2,1H3,(H,39,40). The van der Waals surface area contributed by atoms with Crippen LogP contribution in [0.4, 0.5) is 0 Å². The normalized spacial score (nSPS) is 13.9. The Balaban J connectivity index is 1.53. The zero-order valence-corrected chi connectivity index (χ0v) is 23.7. The SMILES string of the molecule is CCC(=O)c1c(-c2ccccc2)c2cc(Br)ccc2c(=O)n1Cc1ccc(C(=O)N2CCC(C(=O)O)CC2)cc1. The molecule has 40 heavy (non-hydrogen) atoms. The molecule has 0 spiro atoms. The molecule has 1 fully saturated rings. The summed E-state index contributed by atoms with van der Waals surface area (Å²) < 4.78 is 2.37. The fourth-order valence-electron chi connectivity index (χ4n) is 5.37. The number of rotatable bonds is 7. The van der Waals surface area contributed by atoms with Crippen molar-refractivity contribution in [3.8, 4) is 11.1 Å². The van der Waals surface area contributed by atoms with E-state index in [1.54, 1.807) is 46.7 Å². The molecule has 1 aliphatic rings. The number of carbonyl (C=O) groups is 3. The Hall–Kier alpha value is -4.04. The third-order valence-electron chi connectivity index (χ3n) is 7.55. The second kappa shape index (κ2) is 11.6. The number of Topliss-reactive ketones (excluding diaryl/α,β-unsaturated/α-hetero) is 1. The van der Waals surface area contributed by atoms with E-state index in [1.807, 2.05) is 42.5 Å². The number of amides is 1. The number of ketones is 1. The van der Waals surface area contributed by atoms with E-state index in [-0.39, 0.29) is 30.2 Å². The third kappa shape index (κ3) is 5.36. The number of pyridine rings is 1. The van der Waals surface area contributed by atoms with Crippen LogP contribution in [-0.2, 0) is 11.3 Å². The highest BCUT2D eigenvalue weighted by Crippen LogP contribution is 2.33. The van der Waals surface area contributed by atoms with E-state index in [2.05, 4.69) is 15.9 Å². The van der Waals surface area contributed by atoms with Crippen molar-refractivity contribution in [3.05, 3.63) is 104 Å². The van der Waals surface area contributed by atoms with Gasteiger partial charge in [-0.2, -0.15) is 0 Å². The number of nitrogens with zero attached hydrogens (tertiary/aromatic N) is 2. The fraction of sp³-hybridized carbons (Fsp3) is 0.250. The average Bonchev–Trinajstić information content (AvgIpc) is 2.98. The van der Waals surface area contributed by atoms with E-state index in [4.69, 9.17) is 0 Å². The number of aromatic nitrogens is 1. The molecule has 1 N–H and O–H groups in total. The Labute approximate surface area is 240 Å². The number of hydrogen-bond donors (Lipinski definition) is 1. The molecule has 1 amide bonds. The van der Waals surface area contributed by atoms with Crippen LogP contribution in [0.15, 0.2) is 82.1 Å². The Kier molecular flexibility index (Phi) is 7.98. The number of carboxylic acids is 1. The molecule has 0 atom stereocenters. The fourth-order valence-corrected chi connectivity index (χ4v) is 5.73. The van der Waals surface area contributed by atoms with E-state index in [9.17, 15) is 24.3 Å². The summed E-state index contributed by atoms with van der Waals surface area (Å²) in [4.78, 5) is 53.2. The highest BCUT2D eigenvalue weighted by Gasteiger charge is 2.28. The minimum atomic E-state index is -0.815. The third-order valence-corrected chi connectivity index (χ3v) is 8.05. The molecule has 2 heterocycles. The van der Waals surface area contributed by atoms with Gasteiger partial charge in [-0.25, -0.2) is 0 Å². The molecule has 1 aliphatic heterocycles. The average molecular weight is 601 g/mol. The summed E-state index contributed by atoms with van der Waals surface area (Å²) in [5.74, 6) is -1.50. The first kappa shape index (κ1) is 27.5. The molecule has 4 aromatic rings. The molecule has 0 radical (unpaired) electrons. The maximum absolute atomic E-state index is 13.8. The summed E-state index contributed by atoms with van der Waals surface area (Å²) in [6.07, 6.45) is 1.13. The largest absolute Gasteiger partial charge is 0.481 e. The van der Waals surface area contributed by atoms with Crippen LogP contribution in [0, 0.1) is 5.92 Å². The van der Waals surface area contributed by atoms with Gasteiger partial charge in [-0.05, 0) is 59.7 Å². The van der Waals surface area contributed by atoms with Gasteiger partial charge in [0.15, 0.2) is 5.78 Å². The van der Waals surface area contributed by atoms with Crippen LogP contribution >= 0.6 is 15.9 Å². The van der Waals surface area contributed by atoms with E-state index in [0.717, 1.165) is 21.2 Å². The van der Waals surface area contributed by atoms with E-state index in [1.165, 1.54) is 0 Å². The van der Waals surface area contributed by atoms with Crippen molar-refractivity contribution in [1.82, 2.24) is 9.47 Å². The van der Waals surface area contributed by atoms with Crippen molar-refractivity contribution < 1.29 is 19.5 Å². The van der Waals surface area contributed by atoms with E-state index in [0.29, 0.717) is 48.0 Å². The summed E-state index contributed by atoms with van der Waals surface area (Å²) in [5.41, 5.74) is 2.97. The second-order valence-corrected chi connectivity index (χ2v) is 11.0. The number of aliphatic carboxylic acids is 1. The number of benzene rings is 3. The van der Waals surface area contributed by atoms with Gasteiger partial charge in [0.2, 0.25) is 0 Å². The Morgan fingerprint density at radius 2 is 1.60 bits per heavy atom. The summed E-state index contributed by atoms with van der Waals surface area (Å²) in [6.45, 7) is 2.77. The first-order valence-electron chi connectivity index (χ1n) is 13.3. The highest BCUT2D eigenvalue weighted by molar-refractivity contribution is 9.10. The van der Waals surface area contributed by atoms with Crippen molar-refractivity contribution >= 4 is 44.4 Å². The number of halogens is 1. The predicted molar refractivity (Wildman–Crippen MR) is 158 cm³/mol. The Morgan fingerprint density at radius 3 is 2.23 bits per heavy atom. The van der Waals surface area contributed by atoms with Crippen LogP contribution in [-0.4, -0.2) is 45.3 Å². The zero-order valence-electron chi connectivity index (χ0n) is 22.1. The van der Waals surface area contributed by atoms with Crippen LogP contribution in [0.1, 0.15) is 52.6 Å². The number of likely N-dealkylation sites (tertiary alicyclic amines) is 1. The van der Waals surface area contributed by atoms with Crippen molar-refractivity contribution in [2.45, 2.75) is 32.7 Å². The first-order valence-corrected chi connectivity index (χ1v) is 14.1. The molecule has 0 aliphatic carbocycles. The van der Waals surface area contributed by atoms with Gasteiger partial charge < -0.3 is 10.0 Å². The minimum absolute atomic E-state index is 0.130. The lowest BCUT2D eigenvalue weighted by Crippen LogP contribution is -2.40. The van der Waals surface area contributed by atoms with E-state index < -0.39 is 11.9 Å². The molecule has 3 aromatic carbocycles. The topological polar surface area (TPSA) is 96.7 Å². The molecule has 204 valence electrons. The lowest BCUT2D eigenvalue weighted by atomic mass is 9.94. The van der Waals surface area contributed by atoms with Gasteiger partial charge in [0.05, 0.1) is 18.2 Å². The number of carboxylic acid groups (broad SMARTS) is 1. The molecular weight excluding hydrogens is 572 g/mol. The van der Waals surface area contributed by atoms with Crippen LogP contribution in [0.5, 0.6) is 0 Å². The van der Waals surface area contributed by atoms with Gasteiger partial charge in [0.1, 0.15) is 0 Å². The maximum atomic E-state index is 13.8. The number of piperidine rings is 1. The van der Waals surface area contributed by atoms with Crippen LogP contribution in [0.3, 0.4) is 0 Å². The molecule has 1 saturated heterocycles. The monoisotopic (exact) mass is 600 g/mol. The van der Waals surface area contributed by atoms with Gasteiger partial charge in [0, 0.05) is 40.5 Å². The first-order chi connectivity index (χ1) is 19.3. The summed E-state index contributed by atoms with van der Waals surface area (Å²) in [7, 11) is 0. The molecule has 8 heteroatoms. The van der Waals surface area contributed by atoms with Crippen LogP contribution in [0.25, 0.3) is 21.9 Å². The molecule has 1 aromatic heterocycles. The molecule has 5 rings (SSSR count). The van der Waals surface area contributed by atoms with Crippen molar-refractivity contribution in [2.75, 3.05) is 13.1 Å². The van der Waals surface area contributed by atoms with Gasteiger partial charge >= 0.3 is 5.97 Å². The Morgan fingerprint density at radius 1 is 0.925 bits per heavy atom. The van der Waals surface area contributed by atoms with Gasteiger partial charge in [-0.15, -0.1) is 0 Å². The molecule has 0 unspecified atom stereocenters.